The molecule has 1 atom stereocenters. The lowest BCUT2D eigenvalue weighted by Crippen LogP contribution is -2.32. The van der Waals surface area contributed by atoms with Crippen LogP contribution in [0.5, 0.6) is 5.75 Å². The van der Waals surface area contributed by atoms with E-state index in [4.69, 9.17) is 9.52 Å². The van der Waals surface area contributed by atoms with Crippen LogP contribution in [0.4, 0.5) is 17.3 Å². The second-order valence-electron chi connectivity index (χ2n) is 8.10. The Morgan fingerprint density at radius 1 is 1.21 bits per heavy atom. The van der Waals surface area contributed by atoms with Crippen LogP contribution in [0.2, 0.25) is 0 Å². The minimum atomic E-state index is -1.15. The van der Waals surface area contributed by atoms with E-state index in [2.05, 4.69) is 33.2 Å². The van der Waals surface area contributed by atoms with Gasteiger partial charge in [0.05, 0.1) is 29.0 Å². The maximum absolute atomic E-state index is 12.6. The number of hydrogen-bond donors (Lipinski definition) is 4. The number of carboxylic acids is 1. The number of aromatic hydroxyl groups is 1. The fraction of sp³-hybridized carbons (Fsp3) is 0.364. The lowest BCUT2D eigenvalue weighted by Gasteiger charge is -2.21. The molecule has 0 radical (unpaired) electrons. The summed E-state index contributed by atoms with van der Waals surface area (Å²) in [5.74, 6) is 0.610. The van der Waals surface area contributed by atoms with Crippen LogP contribution >= 0.6 is 11.7 Å². The predicted octanol–water partition coefficient (Wildman–Crippen LogP) is 4.16. The molecular formula is C22H27N5O5S. The van der Waals surface area contributed by atoms with Crippen molar-refractivity contribution in [1.29, 1.82) is 0 Å². The first-order chi connectivity index (χ1) is 15.6. The standard InChI is InChI=1S/C22H27N5O5S/c1-11(2)18(16-9-12(3)13(4)32-16)24-21-20(25-33-26-21)23-15-8-6-7-14(19(15)30)22(31)27(5)10-17(28)29/h6-9,11,18,30H,10H2,1-5H3,(H,23,25)(H,24,26)(H,28,29)/t18-/m1/s1. The van der Waals surface area contributed by atoms with Gasteiger partial charge in [-0.05, 0) is 43.5 Å². The van der Waals surface area contributed by atoms with Crippen molar-refractivity contribution in [3.8, 4) is 5.75 Å². The topological polar surface area (TPSA) is 141 Å². The van der Waals surface area contributed by atoms with Gasteiger partial charge in [-0.2, -0.15) is 8.75 Å². The first-order valence-electron chi connectivity index (χ1n) is 10.3. The minimum Gasteiger partial charge on any atom is -0.505 e. The first kappa shape index (κ1) is 24.1. The monoisotopic (exact) mass is 473 g/mol. The number of phenolic OH excluding ortho intramolecular Hbond substituents is 1. The molecule has 4 N–H and O–H groups in total. The van der Waals surface area contributed by atoms with Crippen LogP contribution in [0, 0.1) is 19.8 Å². The summed E-state index contributed by atoms with van der Waals surface area (Å²) in [6, 6.07) is 6.44. The minimum absolute atomic E-state index is 0.0250. The number of aromatic nitrogens is 2. The smallest absolute Gasteiger partial charge is 0.323 e. The first-order valence-corrected chi connectivity index (χ1v) is 11.0. The highest BCUT2D eigenvalue weighted by Crippen LogP contribution is 2.35. The summed E-state index contributed by atoms with van der Waals surface area (Å²) in [4.78, 5) is 24.5. The van der Waals surface area contributed by atoms with Crippen molar-refractivity contribution >= 4 is 40.9 Å². The van der Waals surface area contributed by atoms with Crippen molar-refractivity contribution in [2.24, 2.45) is 5.92 Å². The molecule has 2 aromatic heterocycles. The zero-order valence-corrected chi connectivity index (χ0v) is 19.9. The van der Waals surface area contributed by atoms with E-state index in [0.717, 1.165) is 33.7 Å². The highest BCUT2D eigenvalue weighted by molar-refractivity contribution is 6.99. The molecule has 2 heterocycles. The lowest BCUT2D eigenvalue weighted by atomic mass is 10.0. The molecular weight excluding hydrogens is 446 g/mol. The van der Waals surface area contributed by atoms with Crippen molar-refractivity contribution < 1.29 is 24.2 Å². The van der Waals surface area contributed by atoms with Gasteiger partial charge < -0.3 is 30.2 Å². The molecule has 0 saturated heterocycles. The summed E-state index contributed by atoms with van der Waals surface area (Å²) in [6.45, 7) is 7.54. The maximum atomic E-state index is 12.6. The molecule has 0 fully saturated rings. The molecule has 11 heteroatoms. The van der Waals surface area contributed by atoms with Gasteiger partial charge in [0, 0.05) is 7.05 Å². The number of para-hydroxylation sites is 1. The third-order valence-electron chi connectivity index (χ3n) is 5.18. The third-order valence-corrected chi connectivity index (χ3v) is 5.71. The van der Waals surface area contributed by atoms with Gasteiger partial charge in [-0.15, -0.1) is 0 Å². The van der Waals surface area contributed by atoms with Crippen LogP contribution in [0.3, 0.4) is 0 Å². The molecule has 0 saturated carbocycles. The Hall–Kier alpha value is -3.60. The Balaban J connectivity index is 1.84. The summed E-state index contributed by atoms with van der Waals surface area (Å²) < 4.78 is 14.5. The zero-order valence-electron chi connectivity index (χ0n) is 19.0. The van der Waals surface area contributed by atoms with E-state index in [1.54, 1.807) is 12.1 Å². The van der Waals surface area contributed by atoms with E-state index in [0.29, 0.717) is 11.6 Å². The van der Waals surface area contributed by atoms with E-state index < -0.39 is 18.4 Å². The third kappa shape index (κ3) is 5.43. The lowest BCUT2D eigenvalue weighted by molar-refractivity contribution is -0.137. The van der Waals surface area contributed by atoms with Gasteiger partial charge in [0.1, 0.15) is 18.1 Å². The normalized spacial score (nSPS) is 11.9. The van der Waals surface area contributed by atoms with Gasteiger partial charge >= 0.3 is 5.97 Å². The Kier molecular flexibility index (Phi) is 7.22. The number of aryl methyl sites for hydroxylation is 2. The molecule has 0 aliphatic rings. The number of likely N-dealkylation sites (N-methyl/N-ethyl adjacent to an activating group) is 1. The van der Waals surface area contributed by atoms with Crippen LogP contribution in [-0.2, 0) is 4.79 Å². The molecule has 33 heavy (non-hydrogen) atoms. The van der Waals surface area contributed by atoms with E-state index >= 15 is 0 Å². The summed E-state index contributed by atoms with van der Waals surface area (Å²) in [7, 11) is 1.35. The number of hydrogen-bond acceptors (Lipinski definition) is 9. The Morgan fingerprint density at radius 2 is 1.91 bits per heavy atom. The van der Waals surface area contributed by atoms with Crippen LogP contribution in [0.15, 0.2) is 28.7 Å². The molecule has 0 aliphatic carbocycles. The number of carboxylic acid groups (broad SMARTS) is 1. The molecule has 0 bridgehead atoms. The highest BCUT2D eigenvalue weighted by atomic mass is 32.1. The zero-order chi connectivity index (χ0) is 24.3. The molecule has 0 unspecified atom stereocenters. The number of furan rings is 1. The number of carbonyl (C=O) groups excluding carboxylic acids is 1. The number of rotatable bonds is 9. The summed E-state index contributed by atoms with van der Waals surface area (Å²) >= 11 is 0.993. The molecule has 10 nitrogen and oxygen atoms in total. The number of benzene rings is 1. The van der Waals surface area contributed by atoms with Crippen molar-refractivity contribution in [3.63, 3.8) is 0 Å². The van der Waals surface area contributed by atoms with Crippen LogP contribution in [-0.4, -0.2) is 49.3 Å². The molecule has 1 aromatic carbocycles. The largest absolute Gasteiger partial charge is 0.505 e. The summed E-state index contributed by atoms with van der Waals surface area (Å²) in [6.07, 6.45) is 0. The summed E-state index contributed by atoms with van der Waals surface area (Å²) in [5, 5.41) is 26.0. The number of phenols is 1. The van der Waals surface area contributed by atoms with Crippen molar-refractivity contribution in [1.82, 2.24) is 13.6 Å². The molecule has 3 aromatic rings. The van der Waals surface area contributed by atoms with Gasteiger partial charge in [0.2, 0.25) is 0 Å². The van der Waals surface area contributed by atoms with E-state index in [-0.39, 0.29) is 29.0 Å². The fourth-order valence-corrected chi connectivity index (χ4v) is 3.73. The molecule has 176 valence electrons. The fourth-order valence-electron chi connectivity index (χ4n) is 3.26. The molecule has 3 rings (SSSR count). The van der Waals surface area contributed by atoms with Gasteiger partial charge in [0.15, 0.2) is 17.4 Å². The van der Waals surface area contributed by atoms with Gasteiger partial charge in [0.25, 0.3) is 5.91 Å². The molecule has 1 amide bonds. The predicted molar refractivity (Wildman–Crippen MR) is 125 cm³/mol. The Morgan fingerprint density at radius 3 is 2.52 bits per heavy atom. The average molecular weight is 474 g/mol. The van der Waals surface area contributed by atoms with Gasteiger partial charge in [-0.1, -0.05) is 19.9 Å². The van der Waals surface area contributed by atoms with Crippen LogP contribution < -0.4 is 10.6 Å². The number of nitrogens with one attached hydrogen (secondary N) is 2. The van der Waals surface area contributed by atoms with Crippen LogP contribution in [0.1, 0.15) is 47.3 Å². The van der Waals surface area contributed by atoms with Gasteiger partial charge in [-0.3, -0.25) is 9.59 Å². The second kappa shape index (κ2) is 9.90. The Labute approximate surface area is 195 Å². The maximum Gasteiger partial charge on any atom is 0.323 e. The van der Waals surface area contributed by atoms with E-state index in [9.17, 15) is 14.7 Å². The summed E-state index contributed by atoms with van der Waals surface area (Å²) in [5.41, 5.74) is 1.28. The number of amides is 1. The van der Waals surface area contributed by atoms with E-state index in [1.165, 1.54) is 13.1 Å². The number of anilines is 3. The van der Waals surface area contributed by atoms with Crippen LogP contribution in [0.25, 0.3) is 0 Å². The quantitative estimate of drug-likeness (QED) is 0.337. The van der Waals surface area contributed by atoms with Gasteiger partial charge in [-0.25, -0.2) is 0 Å². The van der Waals surface area contributed by atoms with E-state index in [1.807, 2.05) is 19.9 Å². The van der Waals surface area contributed by atoms with Crippen molar-refractivity contribution in [2.45, 2.75) is 33.7 Å². The second-order valence-corrected chi connectivity index (χ2v) is 8.63. The number of carbonyl (C=O) groups is 2. The SMILES string of the molecule is Cc1cc([C@H](Nc2nsnc2Nc2cccc(C(=O)N(C)CC(=O)O)c2O)C(C)C)oc1C. The Bertz CT molecular complexity index is 1140. The highest BCUT2D eigenvalue weighted by Gasteiger charge is 2.24. The van der Waals surface area contributed by atoms with Crippen molar-refractivity contribution in [3.05, 3.63) is 46.9 Å². The van der Waals surface area contributed by atoms with Crippen molar-refractivity contribution in [2.75, 3.05) is 24.2 Å². The molecule has 0 aliphatic heterocycles. The average Bonchev–Trinajstić information content (AvgIpc) is 3.32. The number of aliphatic carboxylic acids is 1. The number of nitrogens with zero attached hydrogens (tertiary/aromatic N) is 3. The molecule has 0 spiro atoms.